The zero-order valence-electron chi connectivity index (χ0n) is 19.0. The summed E-state index contributed by atoms with van der Waals surface area (Å²) in [5.41, 5.74) is 2.12. The summed E-state index contributed by atoms with van der Waals surface area (Å²) in [6.45, 7) is 9.77. The number of aliphatic hydroxyl groups excluding tert-OH is 2. The van der Waals surface area contributed by atoms with Crippen molar-refractivity contribution in [1.82, 2.24) is 5.32 Å². The molecule has 0 bridgehead atoms. The van der Waals surface area contributed by atoms with Crippen molar-refractivity contribution in [2.24, 2.45) is 40.4 Å². The second-order valence-corrected chi connectivity index (χ2v) is 12.1. The average molecular weight is 402 g/mol. The van der Waals surface area contributed by atoms with Gasteiger partial charge in [0.15, 0.2) is 0 Å². The SMILES string of the molecule is C[C@H]([C@@H]1[C@H](O)C[C@@H]2[C@@H]3CC=C4C[C@@H](O)CC[C@]4(C)[C@H]3CC[C@@]12C)[C@H]1CC[C@@H](C)N1. The van der Waals surface area contributed by atoms with Gasteiger partial charge in [0, 0.05) is 12.1 Å². The van der Waals surface area contributed by atoms with Crippen LogP contribution in [0, 0.1) is 40.4 Å². The topological polar surface area (TPSA) is 52.5 Å². The Bertz CT molecular complexity index is 676. The Kier molecular flexibility index (Phi) is 5.00. The molecule has 1 heterocycles. The van der Waals surface area contributed by atoms with E-state index in [1.165, 1.54) is 32.1 Å². The molecular formula is C26H43NO2. The summed E-state index contributed by atoms with van der Waals surface area (Å²) in [7, 11) is 0. The number of hydrogen-bond donors (Lipinski definition) is 3. The molecule has 1 saturated heterocycles. The zero-order chi connectivity index (χ0) is 20.6. The normalized spacial score (nSPS) is 55.6. The second kappa shape index (κ2) is 7.07. The average Bonchev–Trinajstić information content (AvgIpc) is 3.22. The number of nitrogens with one attached hydrogen (secondary N) is 1. The molecule has 4 aliphatic carbocycles. The largest absolute Gasteiger partial charge is 0.393 e. The van der Waals surface area contributed by atoms with Crippen LogP contribution in [0.4, 0.5) is 0 Å². The molecule has 0 aromatic rings. The number of allylic oxidation sites excluding steroid dienone is 1. The smallest absolute Gasteiger partial charge is 0.0579 e. The first-order valence-corrected chi connectivity index (χ1v) is 12.6. The first kappa shape index (κ1) is 20.5. The van der Waals surface area contributed by atoms with E-state index in [0.717, 1.165) is 37.5 Å². The van der Waals surface area contributed by atoms with E-state index in [0.29, 0.717) is 35.3 Å². The van der Waals surface area contributed by atoms with Crippen LogP contribution in [0.5, 0.6) is 0 Å². The van der Waals surface area contributed by atoms with Crippen molar-refractivity contribution in [3.63, 3.8) is 0 Å². The van der Waals surface area contributed by atoms with E-state index in [2.05, 4.69) is 39.1 Å². The Morgan fingerprint density at radius 1 is 1.07 bits per heavy atom. The predicted octanol–water partition coefficient (Wildman–Crippen LogP) is 4.67. The molecule has 3 nitrogen and oxygen atoms in total. The molecule has 5 aliphatic rings. The van der Waals surface area contributed by atoms with Crippen molar-refractivity contribution >= 4 is 0 Å². The van der Waals surface area contributed by atoms with Crippen molar-refractivity contribution in [1.29, 1.82) is 0 Å². The van der Waals surface area contributed by atoms with Crippen LogP contribution >= 0.6 is 0 Å². The molecule has 11 atom stereocenters. The van der Waals surface area contributed by atoms with E-state index in [1.54, 1.807) is 5.57 Å². The van der Waals surface area contributed by atoms with Crippen LogP contribution in [0.15, 0.2) is 11.6 Å². The van der Waals surface area contributed by atoms with Crippen molar-refractivity contribution in [3.8, 4) is 0 Å². The quantitative estimate of drug-likeness (QED) is 0.589. The Morgan fingerprint density at radius 3 is 2.59 bits per heavy atom. The van der Waals surface area contributed by atoms with E-state index in [1.807, 2.05) is 0 Å². The predicted molar refractivity (Wildman–Crippen MR) is 117 cm³/mol. The molecule has 164 valence electrons. The fraction of sp³-hybridized carbons (Fsp3) is 0.923. The molecule has 4 fully saturated rings. The fourth-order valence-corrected chi connectivity index (χ4v) is 9.27. The lowest BCUT2D eigenvalue weighted by Gasteiger charge is -2.58. The zero-order valence-corrected chi connectivity index (χ0v) is 19.0. The molecule has 1 aliphatic heterocycles. The van der Waals surface area contributed by atoms with Crippen LogP contribution < -0.4 is 5.32 Å². The Hall–Kier alpha value is -0.380. The summed E-state index contributed by atoms with van der Waals surface area (Å²) in [5, 5.41) is 25.4. The molecule has 0 amide bonds. The highest BCUT2D eigenvalue weighted by Gasteiger charge is 2.62. The van der Waals surface area contributed by atoms with E-state index in [4.69, 9.17) is 0 Å². The van der Waals surface area contributed by atoms with Gasteiger partial charge in [-0.3, -0.25) is 0 Å². The number of rotatable bonds is 2. The Morgan fingerprint density at radius 2 is 1.86 bits per heavy atom. The van der Waals surface area contributed by atoms with Gasteiger partial charge in [-0.2, -0.15) is 0 Å². The van der Waals surface area contributed by atoms with Crippen molar-refractivity contribution in [2.45, 2.75) is 110 Å². The van der Waals surface area contributed by atoms with Crippen LogP contribution in [0.2, 0.25) is 0 Å². The first-order valence-electron chi connectivity index (χ1n) is 12.6. The molecule has 0 aromatic heterocycles. The highest BCUT2D eigenvalue weighted by atomic mass is 16.3. The standard InChI is InChI=1S/C26H43NO2/c1-15-5-8-22(27-15)16(2)24-23(29)14-21-19-7-6-17-13-18(28)9-11-25(17,3)20(19)10-12-26(21,24)4/h6,15-16,18-24,27-29H,5,7-14H2,1-4H3/t15-,16+,18+,19-,20+,21-,22-,23-,24-,25+,26-/m1/s1. The summed E-state index contributed by atoms with van der Waals surface area (Å²) in [4.78, 5) is 0. The molecular weight excluding hydrogens is 358 g/mol. The molecule has 3 N–H and O–H groups in total. The molecule has 29 heavy (non-hydrogen) atoms. The molecule has 0 radical (unpaired) electrons. The molecule has 0 spiro atoms. The van der Waals surface area contributed by atoms with Crippen LogP contribution in [-0.4, -0.2) is 34.5 Å². The summed E-state index contributed by atoms with van der Waals surface area (Å²) >= 11 is 0. The van der Waals surface area contributed by atoms with Crippen molar-refractivity contribution in [3.05, 3.63) is 11.6 Å². The van der Waals surface area contributed by atoms with E-state index < -0.39 is 0 Å². The van der Waals surface area contributed by atoms with Gasteiger partial charge in [-0.15, -0.1) is 0 Å². The minimum absolute atomic E-state index is 0.125. The summed E-state index contributed by atoms with van der Waals surface area (Å²) in [6.07, 6.45) is 12.6. The Labute approximate surface area is 177 Å². The van der Waals surface area contributed by atoms with Crippen LogP contribution in [0.3, 0.4) is 0 Å². The summed E-state index contributed by atoms with van der Waals surface area (Å²) in [6, 6.07) is 1.21. The third kappa shape index (κ3) is 3.01. The lowest BCUT2D eigenvalue weighted by molar-refractivity contribution is -0.0639. The van der Waals surface area contributed by atoms with Gasteiger partial charge < -0.3 is 15.5 Å². The van der Waals surface area contributed by atoms with E-state index >= 15 is 0 Å². The lowest BCUT2D eigenvalue weighted by atomic mass is 9.47. The van der Waals surface area contributed by atoms with E-state index in [9.17, 15) is 10.2 Å². The minimum atomic E-state index is -0.136. The highest BCUT2D eigenvalue weighted by molar-refractivity contribution is 5.25. The van der Waals surface area contributed by atoms with Gasteiger partial charge in [0.2, 0.25) is 0 Å². The van der Waals surface area contributed by atoms with Gasteiger partial charge in [0.25, 0.3) is 0 Å². The van der Waals surface area contributed by atoms with Gasteiger partial charge in [-0.1, -0.05) is 32.4 Å². The van der Waals surface area contributed by atoms with Crippen LogP contribution in [0.1, 0.15) is 85.5 Å². The molecule has 5 rings (SSSR count). The van der Waals surface area contributed by atoms with E-state index in [-0.39, 0.29) is 17.6 Å². The summed E-state index contributed by atoms with van der Waals surface area (Å²) in [5.74, 6) is 3.11. The molecule has 0 aromatic carbocycles. The maximum absolute atomic E-state index is 11.3. The molecule has 3 heteroatoms. The Balaban J connectivity index is 1.42. The highest BCUT2D eigenvalue weighted by Crippen LogP contribution is 2.67. The monoisotopic (exact) mass is 401 g/mol. The second-order valence-electron chi connectivity index (χ2n) is 12.1. The molecule has 0 unspecified atom stereocenters. The maximum Gasteiger partial charge on any atom is 0.0579 e. The lowest BCUT2D eigenvalue weighted by Crippen LogP contribution is -2.52. The maximum atomic E-state index is 11.3. The van der Waals surface area contributed by atoms with Crippen LogP contribution in [0.25, 0.3) is 0 Å². The number of hydrogen-bond acceptors (Lipinski definition) is 3. The summed E-state index contributed by atoms with van der Waals surface area (Å²) < 4.78 is 0. The fourth-order valence-electron chi connectivity index (χ4n) is 9.27. The third-order valence-electron chi connectivity index (χ3n) is 10.8. The van der Waals surface area contributed by atoms with Crippen molar-refractivity contribution < 1.29 is 10.2 Å². The third-order valence-corrected chi connectivity index (χ3v) is 10.8. The first-order chi connectivity index (χ1) is 13.7. The van der Waals surface area contributed by atoms with Gasteiger partial charge >= 0.3 is 0 Å². The van der Waals surface area contributed by atoms with Gasteiger partial charge in [-0.25, -0.2) is 0 Å². The minimum Gasteiger partial charge on any atom is -0.393 e. The number of aliphatic hydroxyl groups is 2. The molecule has 3 saturated carbocycles. The number of fused-ring (bicyclic) bond motifs is 5. The van der Waals surface area contributed by atoms with Crippen LogP contribution in [-0.2, 0) is 0 Å². The van der Waals surface area contributed by atoms with Crippen molar-refractivity contribution in [2.75, 3.05) is 0 Å². The van der Waals surface area contributed by atoms with Gasteiger partial charge in [-0.05, 0) is 105 Å². The van der Waals surface area contributed by atoms with Gasteiger partial charge in [0.1, 0.15) is 0 Å². The van der Waals surface area contributed by atoms with Gasteiger partial charge in [0.05, 0.1) is 12.2 Å².